The highest BCUT2D eigenvalue weighted by atomic mass is 16.6. The number of aliphatic hydroxyl groups is 1. The van der Waals surface area contributed by atoms with Crippen molar-refractivity contribution in [3.63, 3.8) is 0 Å². The van der Waals surface area contributed by atoms with Crippen LogP contribution in [0.4, 0.5) is 0 Å². The number of rotatable bonds is 11. The Morgan fingerprint density at radius 2 is 1.55 bits per heavy atom. The third kappa shape index (κ3) is 5.60. The lowest BCUT2D eigenvalue weighted by atomic mass is 9.78. The van der Waals surface area contributed by atoms with Gasteiger partial charge < -0.3 is 9.84 Å². The molecule has 0 unspecified atom stereocenters. The second-order valence-electron chi connectivity index (χ2n) is 9.98. The standard InChI is InChI=1S/C27H36O6/c1-16(2)12-14-20-24(30)22(23(29)18(5)6)25(31)27(20,21(28)15-13-17(3)4)33-26(32)19-10-8-7-9-11-19/h7-11,16-18,20,31H,12-15H2,1-6H3/t20-,27+/m0/s1. The normalized spacial score (nSPS) is 20.8. The van der Waals surface area contributed by atoms with E-state index in [2.05, 4.69) is 0 Å². The zero-order chi connectivity index (χ0) is 24.9. The summed E-state index contributed by atoms with van der Waals surface area (Å²) in [5.41, 5.74) is -2.40. The van der Waals surface area contributed by atoms with Crippen LogP contribution in [0.25, 0.3) is 0 Å². The summed E-state index contributed by atoms with van der Waals surface area (Å²) in [4.78, 5) is 53.1. The van der Waals surface area contributed by atoms with Gasteiger partial charge in [0.2, 0.25) is 5.60 Å². The highest BCUT2D eigenvalue weighted by Crippen LogP contribution is 2.45. The van der Waals surface area contributed by atoms with E-state index in [1.165, 1.54) is 12.1 Å². The largest absolute Gasteiger partial charge is 0.507 e. The molecule has 0 aromatic heterocycles. The summed E-state index contributed by atoms with van der Waals surface area (Å²) in [6.07, 6.45) is 1.29. The second-order valence-corrected chi connectivity index (χ2v) is 9.98. The number of ketones is 3. The van der Waals surface area contributed by atoms with E-state index in [4.69, 9.17) is 4.74 Å². The molecule has 1 aliphatic rings. The van der Waals surface area contributed by atoms with Gasteiger partial charge in [-0.25, -0.2) is 4.79 Å². The van der Waals surface area contributed by atoms with Crippen molar-refractivity contribution < 1.29 is 29.0 Å². The SMILES string of the molecule is CC(C)CCC(=O)[C@@]1(OC(=O)c2ccccc2)C(O)=C(C(=O)C(C)C)C(=O)[C@@H]1CCC(C)C. The topological polar surface area (TPSA) is 97.7 Å². The fourth-order valence-electron chi connectivity index (χ4n) is 4.08. The van der Waals surface area contributed by atoms with Gasteiger partial charge in [-0.3, -0.25) is 14.4 Å². The van der Waals surface area contributed by atoms with Crippen LogP contribution in [-0.4, -0.2) is 34.0 Å². The van der Waals surface area contributed by atoms with Crippen molar-refractivity contribution in [3.8, 4) is 0 Å². The maximum absolute atomic E-state index is 13.7. The van der Waals surface area contributed by atoms with Crippen LogP contribution in [0, 0.1) is 23.7 Å². The summed E-state index contributed by atoms with van der Waals surface area (Å²) in [5.74, 6) is -4.56. The minimum absolute atomic E-state index is 0.0123. The summed E-state index contributed by atoms with van der Waals surface area (Å²) in [5, 5.41) is 11.3. The Labute approximate surface area is 196 Å². The first kappa shape index (κ1) is 26.5. The third-order valence-corrected chi connectivity index (χ3v) is 6.07. The third-order valence-electron chi connectivity index (χ3n) is 6.07. The number of carbonyl (C=O) groups is 4. The number of ether oxygens (including phenoxy) is 1. The first-order chi connectivity index (χ1) is 15.4. The molecule has 2 atom stereocenters. The molecule has 33 heavy (non-hydrogen) atoms. The fraction of sp³-hybridized carbons (Fsp3) is 0.556. The zero-order valence-electron chi connectivity index (χ0n) is 20.5. The van der Waals surface area contributed by atoms with E-state index in [0.29, 0.717) is 12.8 Å². The number of Topliss-reactive ketones (excluding diaryl/α,β-unsaturated/α-hetero) is 3. The van der Waals surface area contributed by atoms with E-state index in [1.807, 2.05) is 27.7 Å². The number of esters is 1. The second kappa shape index (κ2) is 10.9. The van der Waals surface area contributed by atoms with E-state index in [1.54, 1.807) is 32.0 Å². The van der Waals surface area contributed by atoms with Crippen LogP contribution in [0.1, 0.15) is 77.6 Å². The van der Waals surface area contributed by atoms with Crippen molar-refractivity contribution in [3.05, 3.63) is 47.2 Å². The Morgan fingerprint density at radius 1 is 0.970 bits per heavy atom. The number of carbonyl (C=O) groups excluding carboxylic acids is 4. The molecule has 180 valence electrons. The molecule has 2 rings (SSSR count). The fourth-order valence-corrected chi connectivity index (χ4v) is 4.08. The summed E-state index contributed by atoms with van der Waals surface area (Å²) < 4.78 is 5.80. The van der Waals surface area contributed by atoms with Gasteiger partial charge in [0, 0.05) is 12.3 Å². The van der Waals surface area contributed by atoms with E-state index >= 15 is 0 Å². The zero-order valence-corrected chi connectivity index (χ0v) is 20.5. The monoisotopic (exact) mass is 456 g/mol. The molecule has 0 heterocycles. The number of hydrogen-bond acceptors (Lipinski definition) is 6. The Kier molecular flexibility index (Phi) is 8.76. The van der Waals surface area contributed by atoms with Crippen molar-refractivity contribution >= 4 is 23.3 Å². The summed E-state index contributed by atoms with van der Waals surface area (Å²) in [6, 6.07) is 8.12. The van der Waals surface area contributed by atoms with Gasteiger partial charge in [-0.2, -0.15) is 0 Å². The highest BCUT2D eigenvalue weighted by molar-refractivity contribution is 6.26. The van der Waals surface area contributed by atoms with Gasteiger partial charge in [-0.1, -0.05) is 66.2 Å². The summed E-state index contributed by atoms with van der Waals surface area (Å²) in [7, 11) is 0. The summed E-state index contributed by atoms with van der Waals surface area (Å²) in [6.45, 7) is 11.1. The van der Waals surface area contributed by atoms with Gasteiger partial charge in [-0.05, 0) is 36.8 Å². The Morgan fingerprint density at radius 3 is 2.06 bits per heavy atom. The van der Waals surface area contributed by atoms with E-state index in [9.17, 15) is 24.3 Å². The van der Waals surface area contributed by atoms with Gasteiger partial charge in [0.25, 0.3) is 0 Å². The average Bonchev–Trinajstić information content (AvgIpc) is 2.96. The van der Waals surface area contributed by atoms with Crippen molar-refractivity contribution in [2.75, 3.05) is 0 Å². The van der Waals surface area contributed by atoms with Crippen LogP contribution in [0.15, 0.2) is 41.7 Å². The Hall–Kier alpha value is -2.76. The molecular weight excluding hydrogens is 420 g/mol. The number of benzene rings is 1. The van der Waals surface area contributed by atoms with Crippen LogP contribution in [0.3, 0.4) is 0 Å². The van der Waals surface area contributed by atoms with Gasteiger partial charge in [0.15, 0.2) is 23.1 Å². The molecule has 6 heteroatoms. The lowest BCUT2D eigenvalue weighted by Crippen LogP contribution is -2.50. The number of hydrogen-bond donors (Lipinski definition) is 1. The van der Waals surface area contributed by atoms with Gasteiger partial charge in [0.1, 0.15) is 5.57 Å². The molecule has 0 saturated heterocycles. The lowest BCUT2D eigenvalue weighted by molar-refractivity contribution is -0.147. The van der Waals surface area contributed by atoms with Gasteiger partial charge in [0.05, 0.1) is 11.5 Å². The smallest absolute Gasteiger partial charge is 0.339 e. The first-order valence-corrected chi connectivity index (χ1v) is 11.8. The van der Waals surface area contributed by atoms with Crippen LogP contribution < -0.4 is 0 Å². The predicted octanol–water partition coefficient (Wildman–Crippen LogP) is 5.26. The molecule has 0 aliphatic heterocycles. The highest BCUT2D eigenvalue weighted by Gasteiger charge is 2.62. The molecule has 0 spiro atoms. The van der Waals surface area contributed by atoms with Crippen molar-refractivity contribution in [1.82, 2.24) is 0 Å². The maximum atomic E-state index is 13.7. The van der Waals surface area contributed by atoms with Crippen LogP contribution in [-0.2, 0) is 19.1 Å². The molecule has 1 aromatic carbocycles. The quantitative estimate of drug-likeness (QED) is 0.360. The molecule has 0 amide bonds. The molecule has 0 fully saturated rings. The molecule has 6 nitrogen and oxygen atoms in total. The predicted molar refractivity (Wildman–Crippen MR) is 126 cm³/mol. The van der Waals surface area contributed by atoms with E-state index < -0.39 is 52.1 Å². The molecule has 1 N–H and O–H groups in total. The average molecular weight is 457 g/mol. The van der Waals surface area contributed by atoms with Gasteiger partial charge >= 0.3 is 5.97 Å². The number of aliphatic hydroxyl groups excluding tert-OH is 1. The Bertz CT molecular complexity index is 925. The van der Waals surface area contributed by atoms with Crippen molar-refractivity contribution in [2.24, 2.45) is 23.7 Å². The van der Waals surface area contributed by atoms with Crippen molar-refractivity contribution in [2.45, 2.75) is 72.8 Å². The van der Waals surface area contributed by atoms with E-state index in [0.717, 1.165) is 0 Å². The molecule has 0 radical (unpaired) electrons. The summed E-state index contributed by atoms with van der Waals surface area (Å²) >= 11 is 0. The van der Waals surface area contributed by atoms with Crippen LogP contribution >= 0.6 is 0 Å². The molecule has 1 aromatic rings. The molecule has 1 aliphatic carbocycles. The van der Waals surface area contributed by atoms with E-state index in [-0.39, 0.29) is 30.2 Å². The molecular formula is C27H36O6. The van der Waals surface area contributed by atoms with Crippen LogP contribution in [0.2, 0.25) is 0 Å². The van der Waals surface area contributed by atoms with Crippen LogP contribution in [0.5, 0.6) is 0 Å². The minimum atomic E-state index is -2.19. The lowest BCUT2D eigenvalue weighted by Gasteiger charge is -2.33. The Balaban J connectivity index is 2.67. The first-order valence-electron chi connectivity index (χ1n) is 11.8. The number of allylic oxidation sites excluding steroid dienone is 1. The molecule has 0 saturated carbocycles. The maximum Gasteiger partial charge on any atom is 0.339 e. The van der Waals surface area contributed by atoms with Crippen molar-refractivity contribution in [1.29, 1.82) is 0 Å². The molecule has 0 bridgehead atoms. The minimum Gasteiger partial charge on any atom is -0.507 e. The van der Waals surface area contributed by atoms with Gasteiger partial charge in [-0.15, -0.1) is 0 Å².